The number of hydrogen-bond acceptors (Lipinski definition) is 8. The number of nitrogens with zero attached hydrogens (tertiary/aromatic N) is 1. The van der Waals surface area contributed by atoms with Crippen molar-refractivity contribution in [1.29, 1.82) is 0 Å². The average Bonchev–Trinajstić information content (AvgIpc) is 2.81. The topological polar surface area (TPSA) is 131 Å². The first-order valence-electron chi connectivity index (χ1n) is 12.6. The molecular weight excluding hydrogens is 508 g/mol. The molecule has 2 aromatic rings. The van der Waals surface area contributed by atoms with Gasteiger partial charge in [-0.05, 0) is 59.2 Å². The number of aryl methyl sites for hydroxylation is 1. The van der Waals surface area contributed by atoms with Gasteiger partial charge >= 0.3 is 11.9 Å². The Bertz CT molecular complexity index is 1270. The van der Waals surface area contributed by atoms with E-state index in [1.165, 1.54) is 19.1 Å². The maximum atomic E-state index is 13.5. The number of esters is 2. The molecule has 1 aliphatic rings. The van der Waals surface area contributed by atoms with Crippen LogP contribution in [0.5, 0.6) is 0 Å². The number of ether oxygens (including phenoxy) is 2. The summed E-state index contributed by atoms with van der Waals surface area (Å²) < 4.78 is 37.0. The lowest BCUT2D eigenvalue weighted by molar-refractivity contribution is -0.167. The first kappa shape index (κ1) is 29.3. The molecule has 0 amide bonds. The molecule has 38 heavy (non-hydrogen) atoms. The molecule has 4 atom stereocenters. The Balaban J connectivity index is 2.15. The Labute approximate surface area is 224 Å². The second kappa shape index (κ2) is 11.7. The number of carbonyl (C=O) groups excluding carboxylic acids is 2. The number of rotatable bonds is 8. The molecule has 0 saturated heterocycles. The van der Waals surface area contributed by atoms with Gasteiger partial charge in [0.05, 0.1) is 34.3 Å². The van der Waals surface area contributed by atoms with E-state index >= 15 is 0 Å². The van der Waals surface area contributed by atoms with Gasteiger partial charge in [-0.15, -0.1) is 0 Å². The van der Waals surface area contributed by atoms with Gasteiger partial charge in [0.15, 0.2) is 0 Å². The summed E-state index contributed by atoms with van der Waals surface area (Å²) in [7, 11) is -4.08. The van der Waals surface area contributed by atoms with Gasteiger partial charge in [-0.2, -0.15) is 13.5 Å². The van der Waals surface area contributed by atoms with E-state index in [-0.39, 0.29) is 17.0 Å². The van der Waals surface area contributed by atoms with Crippen LogP contribution in [0.25, 0.3) is 0 Å². The lowest BCUT2D eigenvalue weighted by Gasteiger charge is -2.45. The minimum atomic E-state index is -4.08. The first-order chi connectivity index (χ1) is 17.7. The highest BCUT2D eigenvalue weighted by molar-refractivity contribution is 7.89. The van der Waals surface area contributed by atoms with Crippen LogP contribution in [0.2, 0.25) is 0 Å². The first-order valence-corrected chi connectivity index (χ1v) is 14.0. The van der Waals surface area contributed by atoms with Crippen LogP contribution in [-0.4, -0.2) is 49.0 Å². The molecule has 2 N–H and O–H groups in total. The molecule has 9 nitrogen and oxygen atoms in total. The Morgan fingerprint density at radius 3 is 2.08 bits per heavy atom. The van der Waals surface area contributed by atoms with Crippen molar-refractivity contribution in [3.63, 3.8) is 0 Å². The van der Waals surface area contributed by atoms with E-state index in [2.05, 4.69) is 9.93 Å². The summed E-state index contributed by atoms with van der Waals surface area (Å²) in [5.74, 6) is -4.59. The zero-order chi connectivity index (χ0) is 28.3. The molecule has 1 fully saturated rings. The smallest absolute Gasteiger partial charge is 0.315 e. The Morgan fingerprint density at radius 2 is 1.53 bits per heavy atom. The van der Waals surface area contributed by atoms with Gasteiger partial charge in [0.1, 0.15) is 5.92 Å². The number of nitrogens with one attached hydrogen (secondary N) is 1. The van der Waals surface area contributed by atoms with Gasteiger partial charge in [-0.25, -0.2) is 4.83 Å². The van der Waals surface area contributed by atoms with Gasteiger partial charge in [-0.3, -0.25) is 9.59 Å². The summed E-state index contributed by atoms with van der Waals surface area (Å²) in [4.78, 5) is 29.1. The maximum Gasteiger partial charge on any atom is 0.315 e. The highest BCUT2D eigenvalue weighted by Gasteiger charge is 2.56. The SMILES string of the molecule is Cc1ccc(S(=O)(=O)N/N=C2\CC(C)(O)C(C(=O)OC(C)C)C(c3ccccc3)C2C(=O)OC(C)C)cc1. The predicted molar refractivity (Wildman–Crippen MR) is 143 cm³/mol. The molecule has 0 spiro atoms. The fraction of sp³-hybridized carbons (Fsp3) is 0.464. The number of sulfonamides is 1. The van der Waals surface area contributed by atoms with Crippen LogP contribution in [0.1, 0.15) is 58.1 Å². The maximum absolute atomic E-state index is 13.5. The summed E-state index contributed by atoms with van der Waals surface area (Å²) in [6.07, 6.45) is -1.19. The molecule has 0 radical (unpaired) electrons. The fourth-order valence-corrected chi connectivity index (χ4v) is 5.56. The van der Waals surface area contributed by atoms with Crippen molar-refractivity contribution in [2.45, 2.75) is 76.6 Å². The van der Waals surface area contributed by atoms with E-state index in [0.29, 0.717) is 5.56 Å². The van der Waals surface area contributed by atoms with Crippen molar-refractivity contribution in [1.82, 2.24) is 4.83 Å². The van der Waals surface area contributed by atoms with Crippen molar-refractivity contribution in [2.24, 2.45) is 16.9 Å². The number of hydrazone groups is 1. The Kier molecular flexibility index (Phi) is 8.99. The third-order valence-corrected chi connectivity index (χ3v) is 7.55. The molecule has 0 bridgehead atoms. The molecule has 2 aromatic carbocycles. The van der Waals surface area contributed by atoms with E-state index in [1.807, 2.05) is 6.92 Å². The number of carbonyl (C=O) groups is 2. The molecule has 0 aromatic heterocycles. The highest BCUT2D eigenvalue weighted by Crippen LogP contribution is 2.47. The van der Waals surface area contributed by atoms with E-state index in [1.54, 1.807) is 70.2 Å². The van der Waals surface area contributed by atoms with Gasteiger partial charge < -0.3 is 14.6 Å². The molecule has 4 unspecified atom stereocenters. The third kappa shape index (κ3) is 6.79. The van der Waals surface area contributed by atoms with Gasteiger partial charge in [-0.1, -0.05) is 48.0 Å². The van der Waals surface area contributed by atoms with Crippen LogP contribution in [0.4, 0.5) is 0 Å². The van der Waals surface area contributed by atoms with Crippen molar-refractivity contribution < 1.29 is 32.6 Å². The van der Waals surface area contributed by atoms with Crippen LogP contribution < -0.4 is 4.83 Å². The molecule has 0 heterocycles. The second-order valence-corrected chi connectivity index (χ2v) is 12.1. The van der Waals surface area contributed by atoms with E-state index < -0.39 is 57.5 Å². The monoisotopic (exact) mass is 544 g/mol. The van der Waals surface area contributed by atoms with Crippen LogP contribution in [-0.2, 0) is 29.1 Å². The van der Waals surface area contributed by atoms with Crippen molar-refractivity contribution in [3.8, 4) is 0 Å². The zero-order valence-corrected chi connectivity index (χ0v) is 23.4. The van der Waals surface area contributed by atoms with Crippen molar-refractivity contribution in [3.05, 3.63) is 65.7 Å². The van der Waals surface area contributed by atoms with E-state index in [4.69, 9.17) is 9.47 Å². The lowest BCUT2D eigenvalue weighted by atomic mass is 9.61. The number of benzene rings is 2. The predicted octanol–water partition coefficient (Wildman–Crippen LogP) is 3.70. The van der Waals surface area contributed by atoms with Crippen LogP contribution in [0.15, 0.2) is 64.6 Å². The summed E-state index contributed by atoms with van der Waals surface area (Å²) in [5, 5.41) is 15.7. The summed E-state index contributed by atoms with van der Waals surface area (Å²) >= 11 is 0. The standard InChI is InChI=1S/C28H36N2O7S/c1-17(2)36-26(31)24-22(29-30-38(34,35)21-14-12-19(5)13-15-21)16-28(6,33)25(27(32)37-18(3)4)23(24)20-10-8-7-9-11-20/h7-15,17-18,23-25,30,33H,16H2,1-6H3/b29-22+. The van der Waals surface area contributed by atoms with Crippen LogP contribution >= 0.6 is 0 Å². The summed E-state index contributed by atoms with van der Waals surface area (Å²) in [6.45, 7) is 10.1. The third-order valence-electron chi connectivity index (χ3n) is 6.32. The Hall–Kier alpha value is -3.24. The molecule has 206 valence electrons. The van der Waals surface area contributed by atoms with Crippen LogP contribution in [0, 0.1) is 18.8 Å². The lowest BCUT2D eigenvalue weighted by Crippen LogP contribution is -2.56. The molecule has 1 saturated carbocycles. The number of aliphatic hydroxyl groups is 1. The summed E-state index contributed by atoms with van der Waals surface area (Å²) in [6, 6.07) is 15.0. The second-order valence-electron chi connectivity index (χ2n) is 10.4. The van der Waals surface area contributed by atoms with Gasteiger partial charge in [0.2, 0.25) is 0 Å². The highest BCUT2D eigenvalue weighted by atomic mass is 32.2. The number of hydrogen-bond donors (Lipinski definition) is 2. The fourth-order valence-electron chi connectivity index (χ4n) is 4.73. The molecule has 1 aliphatic carbocycles. The largest absolute Gasteiger partial charge is 0.463 e. The van der Waals surface area contributed by atoms with E-state index in [0.717, 1.165) is 5.56 Å². The summed E-state index contributed by atoms with van der Waals surface area (Å²) in [5.41, 5.74) is -0.188. The van der Waals surface area contributed by atoms with Crippen molar-refractivity contribution >= 4 is 27.7 Å². The minimum Gasteiger partial charge on any atom is -0.463 e. The molecular formula is C28H36N2O7S. The van der Waals surface area contributed by atoms with Crippen LogP contribution in [0.3, 0.4) is 0 Å². The molecule has 3 rings (SSSR count). The normalized spacial score (nSPS) is 24.9. The van der Waals surface area contributed by atoms with Crippen molar-refractivity contribution in [2.75, 3.05) is 0 Å². The van der Waals surface area contributed by atoms with Gasteiger partial charge in [0.25, 0.3) is 10.0 Å². The zero-order valence-electron chi connectivity index (χ0n) is 22.5. The Morgan fingerprint density at radius 1 is 0.974 bits per heavy atom. The molecule has 10 heteroatoms. The van der Waals surface area contributed by atoms with E-state index in [9.17, 15) is 23.1 Å². The minimum absolute atomic E-state index is 0.00526. The average molecular weight is 545 g/mol. The quantitative estimate of drug-likeness (QED) is 0.383. The van der Waals surface area contributed by atoms with Gasteiger partial charge in [0, 0.05) is 12.3 Å². The molecule has 0 aliphatic heterocycles.